The van der Waals surface area contributed by atoms with Gasteiger partial charge in [-0.15, -0.1) is 0 Å². The van der Waals surface area contributed by atoms with E-state index in [0.717, 1.165) is 28.7 Å². The molecule has 1 unspecified atom stereocenters. The van der Waals surface area contributed by atoms with Crippen LogP contribution in [0.4, 0.5) is 0 Å². The van der Waals surface area contributed by atoms with Gasteiger partial charge in [0.05, 0.1) is 6.04 Å². The molecular formula is C19H21NO. The van der Waals surface area contributed by atoms with Crippen LogP contribution in [0, 0.1) is 13.8 Å². The van der Waals surface area contributed by atoms with Gasteiger partial charge < -0.3 is 10.2 Å². The van der Waals surface area contributed by atoms with E-state index in [-0.39, 0.29) is 6.04 Å². The third-order valence-corrected chi connectivity index (χ3v) is 4.32. The molecule has 108 valence electrons. The van der Waals surface area contributed by atoms with Gasteiger partial charge in [-0.25, -0.2) is 0 Å². The lowest BCUT2D eigenvalue weighted by Gasteiger charge is -2.17. The van der Waals surface area contributed by atoms with Gasteiger partial charge in [-0.1, -0.05) is 43.3 Å². The SMILES string of the molecule is CCc1oc2ccccc2c1C(N)c1cccc(C)c1C. The average molecular weight is 279 g/mol. The van der Waals surface area contributed by atoms with Gasteiger partial charge in [0, 0.05) is 17.4 Å². The molecule has 0 saturated carbocycles. The number of hydrogen-bond donors (Lipinski definition) is 1. The molecule has 0 bridgehead atoms. The first kappa shape index (κ1) is 13.9. The maximum absolute atomic E-state index is 6.61. The number of para-hydroxylation sites is 1. The second kappa shape index (κ2) is 5.38. The van der Waals surface area contributed by atoms with E-state index < -0.39 is 0 Å². The molecule has 2 heteroatoms. The van der Waals surface area contributed by atoms with Crippen molar-refractivity contribution in [1.29, 1.82) is 0 Å². The van der Waals surface area contributed by atoms with Crippen molar-refractivity contribution in [3.8, 4) is 0 Å². The fraction of sp³-hybridized carbons (Fsp3) is 0.263. The van der Waals surface area contributed by atoms with Crippen molar-refractivity contribution < 1.29 is 4.42 Å². The Balaban J connectivity index is 2.21. The minimum Gasteiger partial charge on any atom is -0.461 e. The predicted molar refractivity (Wildman–Crippen MR) is 87.5 cm³/mol. The highest BCUT2D eigenvalue weighted by Gasteiger charge is 2.21. The molecule has 2 N–H and O–H groups in total. The summed E-state index contributed by atoms with van der Waals surface area (Å²) in [6, 6.07) is 14.3. The van der Waals surface area contributed by atoms with Crippen LogP contribution < -0.4 is 5.73 Å². The lowest BCUT2D eigenvalue weighted by molar-refractivity contribution is 0.546. The van der Waals surface area contributed by atoms with E-state index in [1.54, 1.807) is 0 Å². The van der Waals surface area contributed by atoms with Gasteiger partial charge in [-0.3, -0.25) is 0 Å². The van der Waals surface area contributed by atoms with Crippen LogP contribution in [0.25, 0.3) is 11.0 Å². The summed E-state index contributed by atoms with van der Waals surface area (Å²) in [6.45, 7) is 6.37. The molecule has 0 radical (unpaired) electrons. The van der Waals surface area contributed by atoms with Gasteiger partial charge in [-0.2, -0.15) is 0 Å². The Kier molecular flexibility index (Phi) is 3.56. The number of furan rings is 1. The van der Waals surface area contributed by atoms with Crippen LogP contribution in [0.2, 0.25) is 0 Å². The minimum absolute atomic E-state index is 0.150. The smallest absolute Gasteiger partial charge is 0.134 e. The van der Waals surface area contributed by atoms with E-state index in [1.165, 1.54) is 16.7 Å². The zero-order chi connectivity index (χ0) is 15.0. The van der Waals surface area contributed by atoms with E-state index in [4.69, 9.17) is 10.2 Å². The average Bonchev–Trinajstić information content (AvgIpc) is 2.88. The molecule has 0 fully saturated rings. The van der Waals surface area contributed by atoms with E-state index in [9.17, 15) is 0 Å². The number of fused-ring (bicyclic) bond motifs is 1. The molecule has 1 aromatic heterocycles. The maximum atomic E-state index is 6.61. The summed E-state index contributed by atoms with van der Waals surface area (Å²) in [5, 5.41) is 1.13. The number of benzene rings is 2. The Morgan fingerprint density at radius 2 is 1.81 bits per heavy atom. The Morgan fingerprint density at radius 3 is 2.57 bits per heavy atom. The summed E-state index contributed by atoms with van der Waals surface area (Å²) in [7, 11) is 0. The molecular weight excluding hydrogens is 258 g/mol. The van der Waals surface area contributed by atoms with Crippen LogP contribution in [-0.4, -0.2) is 0 Å². The highest BCUT2D eigenvalue weighted by atomic mass is 16.3. The molecule has 0 amide bonds. The molecule has 1 atom stereocenters. The maximum Gasteiger partial charge on any atom is 0.134 e. The van der Waals surface area contributed by atoms with Crippen LogP contribution in [0.3, 0.4) is 0 Å². The summed E-state index contributed by atoms with van der Waals surface area (Å²) < 4.78 is 5.98. The standard InChI is InChI=1S/C19H21NO/c1-4-16-18(15-9-5-6-11-17(15)21-16)19(20)14-10-7-8-12(2)13(14)3/h5-11,19H,4,20H2,1-3H3. The summed E-state index contributed by atoms with van der Waals surface area (Å²) in [4.78, 5) is 0. The van der Waals surface area contributed by atoms with Crippen LogP contribution in [0.1, 0.15) is 41.0 Å². The molecule has 3 aromatic rings. The van der Waals surface area contributed by atoms with Crippen molar-refractivity contribution in [2.24, 2.45) is 5.73 Å². The highest BCUT2D eigenvalue weighted by molar-refractivity contribution is 5.83. The monoisotopic (exact) mass is 279 g/mol. The van der Waals surface area contributed by atoms with Crippen molar-refractivity contribution in [3.63, 3.8) is 0 Å². The fourth-order valence-corrected chi connectivity index (χ4v) is 2.99. The minimum atomic E-state index is -0.150. The molecule has 0 aliphatic rings. The fourth-order valence-electron chi connectivity index (χ4n) is 2.99. The van der Waals surface area contributed by atoms with Crippen molar-refractivity contribution in [1.82, 2.24) is 0 Å². The normalized spacial score (nSPS) is 12.8. The number of aryl methyl sites for hydroxylation is 2. The van der Waals surface area contributed by atoms with Crippen molar-refractivity contribution in [2.75, 3.05) is 0 Å². The van der Waals surface area contributed by atoms with E-state index >= 15 is 0 Å². The second-order valence-corrected chi connectivity index (χ2v) is 5.56. The van der Waals surface area contributed by atoms with Crippen molar-refractivity contribution >= 4 is 11.0 Å². The number of nitrogens with two attached hydrogens (primary N) is 1. The van der Waals surface area contributed by atoms with Gasteiger partial charge in [0.25, 0.3) is 0 Å². The van der Waals surface area contributed by atoms with E-state index in [0.29, 0.717) is 0 Å². The Hall–Kier alpha value is -2.06. The van der Waals surface area contributed by atoms with E-state index in [1.807, 2.05) is 18.2 Å². The highest BCUT2D eigenvalue weighted by Crippen LogP contribution is 2.34. The lowest BCUT2D eigenvalue weighted by atomic mass is 9.91. The Bertz CT molecular complexity index is 785. The van der Waals surface area contributed by atoms with Crippen LogP contribution in [0.15, 0.2) is 46.9 Å². The molecule has 0 saturated heterocycles. The summed E-state index contributed by atoms with van der Waals surface area (Å²) in [6.07, 6.45) is 0.850. The quantitative estimate of drug-likeness (QED) is 0.757. The first-order valence-corrected chi connectivity index (χ1v) is 7.45. The molecule has 0 aliphatic carbocycles. The zero-order valence-corrected chi connectivity index (χ0v) is 12.8. The molecule has 1 heterocycles. The van der Waals surface area contributed by atoms with Gasteiger partial charge in [-0.05, 0) is 36.6 Å². The second-order valence-electron chi connectivity index (χ2n) is 5.56. The largest absolute Gasteiger partial charge is 0.461 e. The number of hydrogen-bond acceptors (Lipinski definition) is 2. The van der Waals surface area contributed by atoms with Crippen LogP contribution >= 0.6 is 0 Å². The van der Waals surface area contributed by atoms with Crippen molar-refractivity contribution in [3.05, 3.63) is 70.5 Å². The Labute approximate surface area is 125 Å². The third-order valence-electron chi connectivity index (χ3n) is 4.32. The summed E-state index contributed by atoms with van der Waals surface area (Å²) in [5.41, 5.74) is 12.4. The third kappa shape index (κ3) is 2.26. The molecule has 0 spiro atoms. The van der Waals surface area contributed by atoms with Gasteiger partial charge >= 0.3 is 0 Å². The molecule has 3 rings (SSSR count). The first-order valence-electron chi connectivity index (χ1n) is 7.45. The van der Waals surface area contributed by atoms with E-state index in [2.05, 4.69) is 45.0 Å². The topological polar surface area (TPSA) is 39.2 Å². The van der Waals surface area contributed by atoms with Crippen LogP contribution in [0.5, 0.6) is 0 Å². The number of rotatable bonds is 3. The van der Waals surface area contributed by atoms with Crippen LogP contribution in [-0.2, 0) is 6.42 Å². The zero-order valence-electron chi connectivity index (χ0n) is 12.8. The predicted octanol–water partition coefficient (Wildman–Crippen LogP) is 4.66. The first-order chi connectivity index (χ1) is 10.1. The van der Waals surface area contributed by atoms with Gasteiger partial charge in [0.15, 0.2) is 0 Å². The molecule has 0 aliphatic heterocycles. The molecule has 21 heavy (non-hydrogen) atoms. The summed E-state index contributed by atoms with van der Waals surface area (Å²) >= 11 is 0. The Morgan fingerprint density at radius 1 is 1.05 bits per heavy atom. The van der Waals surface area contributed by atoms with Gasteiger partial charge in [0.2, 0.25) is 0 Å². The summed E-state index contributed by atoms with van der Waals surface area (Å²) in [5.74, 6) is 0.990. The van der Waals surface area contributed by atoms with Crippen molar-refractivity contribution in [2.45, 2.75) is 33.2 Å². The molecule has 2 aromatic carbocycles. The lowest BCUT2D eigenvalue weighted by Crippen LogP contribution is -2.15. The molecule has 2 nitrogen and oxygen atoms in total. The van der Waals surface area contributed by atoms with Gasteiger partial charge in [0.1, 0.15) is 11.3 Å².